The van der Waals surface area contributed by atoms with E-state index in [9.17, 15) is 4.79 Å². The third-order valence-electron chi connectivity index (χ3n) is 5.20. The minimum Gasteiger partial charge on any atom is -0.497 e. The number of benzene rings is 3. The smallest absolute Gasteiger partial charge is 0.244 e. The molecule has 3 aromatic carbocycles. The maximum atomic E-state index is 12.8. The highest BCUT2D eigenvalue weighted by Gasteiger charge is 2.55. The summed E-state index contributed by atoms with van der Waals surface area (Å²) in [7, 11) is 1.63. The van der Waals surface area contributed by atoms with E-state index in [1.165, 1.54) is 11.1 Å². The van der Waals surface area contributed by atoms with Crippen molar-refractivity contribution in [3.05, 3.63) is 102 Å². The van der Waals surface area contributed by atoms with Gasteiger partial charge < -0.3 is 4.74 Å². The molecule has 2 unspecified atom stereocenters. The van der Waals surface area contributed by atoms with Gasteiger partial charge in [0, 0.05) is 11.8 Å². The molecule has 1 aliphatic carbocycles. The van der Waals surface area contributed by atoms with Crippen LogP contribution in [0.5, 0.6) is 5.75 Å². The fourth-order valence-electron chi connectivity index (χ4n) is 3.75. The number of ether oxygens (including phenoxy) is 1. The third kappa shape index (κ3) is 3.81. The zero-order chi connectivity index (χ0) is 19.3. The Kier molecular flexibility index (Phi) is 5.20. The Hall–Kier alpha value is -3.40. The standard InChI is InChI=1S/C24H22N2O2/c1-28-20-14-12-17(13-15-20)16-25-26-24(27)23-21(18-8-4-2-5-9-18)22(23)19-10-6-3-7-11-19/h2-16,21-23H,1H3,(H,26,27). The summed E-state index contributed by atoms with van der Waals surface area (Å²) in [5.41, 5.74) is 6.00. The first kappa shape index (κ1) is 18.0. The summed E-state index contributed by atoms with van der Waals surface area (Å²) in [5.74, 6) is 0.987. The van der Waals surface area contributed by atoms with Gasteiger partial charge in [0.15, 0.2) is 0 Å². The van der Waals surface area contributed by atoms with Crippen LogP contribution >= 0.6 is 0 Å². The van der Waals surface area contributed by atoms with Crippen molar-refractivity contribution in [2.75, 3.05) is 7.11 Å². The summed E-state index contributed by atoms with van der Waals surface area (Å²) in [6, 6.07) is 28.0. The molecule has 1 N–H and O–H groups in total. The van der Waals surface area contributed by atoms with Crippen LogP contribution in [0.2, 0.25) is 0 Å². The van der Waals surface area contributed by atoms with Crippen LogP contribution in [0.25, 0.3) is 0 Å². The third-order valence-corrected chi connectivity index (χ3v) is 5.20. The molecule has 4 rings (SSSR count). The molecule has 4 nitrogen and oxygen atoms in total. The highest BCUT2D eigenvalue weighted by molar-refractivity contribution is 5.87. The molecule has 2 atom stereocenters. The number of nitrogens with one attached hydrogen (secondary N) is 1. The van der Waals surface area contributed by atoms with Gasteiger partial charge in [-0.25, -0.2) is 5.43 Å². The number of nitrogens with zero attached hydrogens (tertiary/aromatic N) is 1. The molecule has 0 radical (unpaired) electrons. The Labute approximate surface area is 164 Å². The van der Waals surface area contributed by atoms with Crippen LogP contribution in [-0.2, 0) is 4.79 Å². The van der Waals surface area contributed by atoms with Crippen LogP contribution < -0.4 is 10.2 Å². The second-order valence-electron chi connectivity index (χ2n) is 6.91. The van der Waals surface area contributed by atoms with Crippen LogP contribution in [0, 0.1) is 5.92 Å². The van der Waals surface area contributed by atoms with Gasteiger partial charge >= 0.3 is 0 Å². The number of carbonyl (C=O) groups excluding carboxylic acids is 1. The van der Waals surface area contributed by atoms with Crippen LogP contribution in [0.1, 0.15) is 28.5 Å². The topological polar surface area (TPSA) is 50.7 Å². The molecule has 1 amide bonds. The molecule has 0 bridgehead atoms. The molecule has 1 aliphatic rings. The summed E-state index contributed by atoms with van der Waals surface area (Å²) in [4.78, 5) is 12.8. The highest BCUT2D eigenvalue weighted by Crippen LogP contribution is 2.60. The van der Waals surface area contributed by atoms with Gasteiger partial charge in [-0.15, -0.1) is 0 Å². The fourth-order valence-corrected chi connectivity index (χ4v) is 3.75. The molecule has 0 heterocycles. The molecule has 0 spiro atoms. The number of rotatable bonds is 6. The Morgan fingerprint density at radius 2 is 1.39 bits per heavy atom. The Morgan fingerprint density at radius 1 is 0.857 bits per heavy atom. The maximum absolute atomic E-state index is 12.8. The molecular weight excluding hydrogens is 348 g/mol. The van der Waals surface area contributed by atoms with Crippen molar-refractivity contribution in [1.82, 2.24) is 5.43 Å². The molecule has 4 heteroatoms. The van der Waals surface area contributed by atoms with Crippen LogP contribution in [0.4, 0.5) is 0 Å². The van der Waals surface area contributed by atoms with E-state index in [2.05, 4.69) is 34.8 Å². The number of hydrazone groups is 1. The largest absolute Gasteiger partial charge is 0.497 e. The van der Waals surface area contributed by atoms with Gasteiger partial charge in [0.2, 0.25) is 5.91 Å². The predicted molar refractivity (Wildman–Crippen MR) is 111 cm³/mol. The zero-order valence-electron chi connectivity index (χ0n) is 15.7. The van der Waals surface area contributed by atoms with E-state index < -0.39 is 0 Å². The average Bonchev–Trinajstić information content (AvgIpc) is 3.51. The van der Waals surface area contributed by atoms with Crippen molar-refractivity contribution in [3.8, 4) is 5.75 Å². The van der Waals surface area contributed by atoms with Crippen LogP contribution in [-0.4, -0.2) is 19.2 Å². The highest BCUT2D eigenvalue weighted by atomic mass is 16.5. The zero-order valence-corrected chi connectivity index (χ0v) is 15.7. The number of methoxy groups -OCH3 is 1. The van der Waals surface area contributed by atoms with E-state index in [0.717, 1.165) is 11.3 Å². The van der Waals surface area contributed by atoms with E-state index in [1.54, 1.807) is 13.3 Å². The normalized spacial score (nSPS) is 20.7. The van der Waals surface area contributed by atoms with Crippen molar-refractivity contribution in [3.63, 3.8) is 0 Å². The lowest BCUT2D eigenvalue weighted by Crippen LogP contribution is -2.20. The van der Waals surface area contributed by atoms with Gasteiger partial charge in [0.05, 0.1) is 19.2 Å². The number of hydrogen-bond donors (Lipinski definition) is 1. The first-order valence-corrected chi connectivity index (χ1v) is 9.35. The van der Waals surface area contributed by atoms with E-state index in [4.69, 9.17) is 4.74 Å². The molecule has 28 heavy (non-hydrogen) atoms. The molecule has 0 aromatic heterocycles. The van der Waals surface area contributed by atoms with E-state index in [-0.39, 0.29) is 23.7 Å². The second kappa shape index (κ2) is 8.09. The van der Waals surface area contributed by atoms with Crippen LogP contribution in [0.3, 0.4) is 0 Å². The monoisotopic (exact) mass is 370 g/mol. The van der Waals surface area contributed by atoms with Crippen molar-refractivity contribution in [2.24, 2.45) is 11.0 Å². The lowest BCUT2D eigenvalue weighted by molar-refractivity contribution is -0.122. The minimum absolute atomic E-state index is 0.0486. The molecular formula is C24H22N2O2. The maximum Gasteiger partial charge on any atom is 0.244 e. The predicted octanol–water partition coefficient (Wildman–Crippen LogP) is 4.34. The molecule has 0 aliphatic heterocycles. The Bertz CT molecular complexity index is 907. The lowest BCUT2D eigenvalue weighted by atomic mass is 10.0. The number of carbonyl (C=O) groups is 1. The Morgan fingerprint density at radius 3 is 1.89 bits per heavy atom. The summed E-state index contributed by atoms with van der Waals surface area (Å²) in [6.45, 7) is 0. The van der Waals surface area contributed by atoms with E-state index in [1.807, 2.05) is 60.7 Å². The molecule has 140 valence electrons. The van der Waals surface area contributed by atoms with Crippen LogP contribution in [0.15, 0.2) is 90.0 Å². The van der Waals surface area contributed by atoms with Crippen molar-refractivity contribution in [1.29, 1.82) is 0 Å². The van der Waals surface area contributed by atoms with Gasteiger partial charge in [0.1, 0.15) is 5.75 Å². The summed E-state index contributed by atoms with van der Waals surface area (Å²) in [6.07, 6.45) is 1.65. The van der Waals surface area contributed by atoms with E-state index in [0.29, 0.717) is 0 Å². The van der Waals surface area contributed by atoms with Gasteiger partial charge in [-0.2, -0.15) is 5.10 Å². The number of amides is 1. The summed E-state index contributed by atoms with van der Waals surface area (Å²) < 4.78 is 5.15. The van der Waals surface area contributed by atoms with Gasteiger partial charge in [-0.3, -0.25) is 4.79 Å². The van der Waals surface area contributed by atoms with Gasteiger partial charge in [-0.05, 0) is 41.0 Å². The minimum atomic E-state index is -0.113. The Balaban J connectivity index is 1.47. The lowest BCUT2D eigenvalue weighted by Gasteiger charge is -2.01. The molecule has 3 aromatic rings. The molecule has 1 fully saturated rings. The number of hydrogen-bond acceptors (Lipinski definition) is 3. The fraction of sp³-hybridized carbons (Fsp3) is 0.167. The van der Waals surface area contributed by atoms with Gasteiger partial charge in [0.25, 0.3) is 0 Å². The quantitative estimate of drug-likeness (QED) is 0.518. The summed E-state index contributed by atoms with van der Waals surface area (Å²) >= 11 is 0. The molecule has 0 saturated heterocycles. The average molecular weight is 370 g/mol. The van der Waals surface area contributed by atoms with Crippen molar-refractivity contribution >= 4 is 12.1 Å². The first-order valence-electron chi connectivity index (χ1n) is 9.35. The summed E-state index contributed by atoms with van der Waals surface area (Å²) in [5, 5.41) is 4.15. The van der Waals surface area contributed by atoms with Crippen molar-refractivity contribution in [2.45, 2.75) is 11.8 Å². The first-order chi connectivity index (χ1) is 13.8. The SMILES string of the molecule is COc1ccc(C=NNC(=O)C2C(c3ccccc3)C2c2ccccc2)cc1. The van der Waals surface area contributed by atoms with Gasteiger partial charge in [-0.1, -0.05) is 60.7 Å². The van der Waals surface area contributed by atoms with Crippen molar-refractivity contribution < 1.29 is 9.53 Å². The second-order valence-corrected chi connectivity index (χ2v) is 6.91. The van der Waals surface area contributed by atoms with E-state index >= 15 is 0 Å². The molecule has 1 saturated carbocycles.